The van der Waals surface area contributed by atoms with E-state index in [2.05, 4.69) is 0 Å². The zero-order valence-corrected chi connectivity index (χ0v) is 11.7. The summed E-state index contributed by atoms with van der Waals surface area (Å²) in [5.74, 6) is 0.406. The molecule has 4 nitrogen and oxygen atoms in total. The fourth-order valence-electron chi connectivity index (χ4n) is 2.41. The number of aryl methyl sites for hydroxylation is 1. The summed E-state index contributed by atoms with van der Waals surface area (Å²) in [6.45, 7) is 2.38. The lowest BCUT2D eigenvalue weighted by Crippen LogP contribution is -2.43. The van der Waals surface area contributed by atoms with Crippen molar-refractivity contribution in [3.05, 3.63) is 29.8 Å². The van der Waals surface area contributed by atoms with Crippen LogP contribution in [-0.4, -0.2) is 32.4 Å². The molecule has 2 N–H and O–H groups in total. The molecule has 0 bridgehead atoms. The SMILES string of the molecule is Cc1ccccc1S(=O)(=O)N(C)CC1CC(N)C1. The Morgan fingerprint density at radius 1 is 1.33 bits per heavy atom. The van der Waals surface area contributed by atoms with Crippen molar-refractivity contribution in [1.29, 1.82) is 0 Å². The monoisotopic (exact) mass is 268 g/mol. The topological polar surface area (TPSA) is 63.4 Å². The standard InChI is InChI=1S/C13H20N2O2S/c1-10-5-3-4-6-13(10)18(16,17)15(2)9-11-7-12(14)8-11/h3-6,11-12H,7-9,14H2,1-2H3. The Bertz CT molecular complexity index is 522. The third-order valence-electron chi connectivity index (χ3n) is 3.57. The first-order valence-corrected chi connectivity index (χ1v) is 7.63. The number of rotatable bonds is 4. The molecular formula is C13H20N2O2S. The lowest BCUT2D eigenvalue weighted by Gasteiger charge is -2.35. The molecule has 5 heteroatoms. The lowest BCUT2D eigenvalue weighted by atomic mass is 9.81. The van der Waals surface area contributed by atoms with Crippen LogP contribution in [0.15, 0.2) is 29.2 Å². The predicted molar refractivity (Wildman–Crippen MR) is 71.7 cm³/mol. The van der Waals surface area contributed by atoms with Gasteiger partial charge in [-0.25, -0.2) is 12.7 Å². The maximum absolute atomic E-state index is 12.4. The fourth-order valence-corrected chi connectivity index (χ4v) is 3.88. The second-order valence-electron chi connectivity index (χ2n) is 5.15. The van der Waals surface area contributed by atoms with E-state index in [1.54, 1.807) is 19.2 Å². The zero-order chi connectivity index (χ0) is 13.3. The summed E-state index contributed by atoms with van der Waals surface area (Å²) in [6.07, 6.45) is 1.85. The van der Waals surface area contributed by atoms with E-state index in [-0.39, 0.29) is 6.04 Å². The van der Waals surface area contributed by atoms with Gasteiger partial charge in [0.2, 0.25) is 10.0 Å². The summed E-state index contributed by atoms with van der Waals surface area (Å²) in [5.41, 5.74) is 6.51. The number of nitrogens with zero attached hydrogens (tertiary/aromatic N) is 1. The quantitative estimate of drug-likeness (QED) is 0.896. The van der Waals surface area contributed by atoms with Crippen LogP contribution in [-0.2, 0) is 10.0 Å². The second kappa shape index (κ2) is 4.99. The summed E-state index contributed by atoms with van der Waals surface area (Å²) >= 11 is 0. The van der Waals surface area contributed by atoms with E-state index >= 15 is 0 Å². The molecule has 0 aliphatic heterocycles. The van der Waals surface area contributed by atoms with Crippen LogP contribution in [0.3, 0.4) is 0 Å². The fraction of sp³-hybridized carbons (Fsp3) is 0.538. The van der Waals surface area contributed by atoms with Crippen LogP contribution in [0.2, 0.25) is 0 Å². The van der Waals surface area contributed by atoms with Crippen LogP contribution in [0.5, 0.6) is 0 Å². The molecule has 1 aliphatic rings. The van der Waals surface area contributed by atoms with E-state index < -0.39 is 10.0 Å². The Balaban J connectivity index is 2.13. The Hall–Kier alpha value is -0.910. The first-order chi connectivity index (χ1) is 8.41. The molecule has 1 fully saturated rings. The molecule has 0 radical (unpaired) electrons. The van der Waals surface area contributed by atoms with Crippen molar-refractivity contribution in [3.63, 3.8) is 0 Å². The summed E-state index contributed by atoms with van der Waals surface area (Å²) in [4.78, 5) is 0.399. The number of nitrogens with two attached hydrogens (primary N) is 1. The molecule has 0 saturated heterocycles. The molecule has 100 valence electrons. The van der Waals surface area contributed by atoms with E-state index in [1.165, 1.54) is 4.31 Å². The van der Waals surface area contributed by atoms with Gasteiger partial charge in [0, 0.05) is 19.6 Å². The molecule has 1 aromatic carbocycles. The molecule has 18 heavy (non-hydrogen) atoms. The highest BCUT2D eigenvalue weighted by Gasteiger charge is 2.31. The molecule has 0 spiro atoms. The van der Waals surface area contributed by atoms with Gasteiger partial charge in [-0.05, 0) is 37.3 Å². The molecule has 0 heterocycles. The molecule has 1 aromatic rings. The number of hydrogen-bond acceptors (Lipinski definition) is 3. The largest absolute Gasteiger partial charge is 0.328 e. The number of sulfonamides is 1. The van der Waals surface area contributed by atoms with Gasteiger partial charge in [-0.2, -0.15) is 0 Å². The van der Waals surface area contributed by atoms with Gasteiger partial charge in [-0.15, -0.1) is 0 Å². The van der Waals surface area contributed by atoms with Crippen LogP contribution < -0.4 is 5.73 Å². The van der Waals surface area contributed by atoms with Crippen LogP contribution in [0, 0.1) is 12.8 Å². The molecule has 0 aromatic heterocycles. The van der Waals surface area contributed by atoms with Crippen LogP contribution in [0.4, 0.5) is 0 Å². The van der Waals surface area contributed by atoms with Crippen LogP contribution in [0.1, 0.15) is 18.4 Å². The predicted octanol–water partition coefficient (Wildman–Crippen LogP) is 1.35. The van der Waals surface area contributed by atoms with Gasteiger partial charge in [-0.3, -0.25) is 0 Å². The van der Waals surface area contributed by atoms with Gasteiger partial charge in [0.25, 0.3) is 0 Å². The summed E-state index contributed by atoms with van der Waals surface area (Å²) in [6, 6.07) is 7.34. The van der Waals surface area contributed by atoms with E-state index in [0.29, 0.717) is 17.4 Å². The molecule has 1 aliphatic carbocycles. The highest BCUT2D eigenvalue weighted by molar-refractivity contribution is 7.89. The maximum atomic E-state index is 12.4. The highest BCUT2D eigenvalue weighted by atomic mass is 32.2. The summed E-state index contributed by atoms with van der Waals surface area (Å²) < 4.78 is 26.3. The van der Waals surface area contributed by atoms with Crippen LogP contribution in [0.25, 0.3) is 0 Å². The van der Waals surface area contributed by atoms with Gasteiger partial charge in [0.05, 0.1) is 4.90 Å². The Morgan fingerprint density at radius 2 is 1.94 bits per heavy atom. The second-order valence-corrected chi connectivity index (χ2v) is 7.16. The van der Waals surface area contributed by atoms with Gasteiger partial charge in [0.1, 0.15) is 0 Å². The van der Waals surface area contributed by atoms with Crippen molar-refractivity contribution >= 4 is 10.0 Å². The van der Waals surface area contributed by atoms with Crippen molar-refractivity contribution in [2.24, 2.45) is 11.7 Å². The Kier molecular flexibility index (Phi) is 3.75. The third-order valence-corrected chi connectivity index (χ3v) is 5.55. The maximum Gasteiger partial charge on any atom is 0.243 e. The first kappa shape index (κ1) is 13.5. The third kappa shape index (κ3) is 2.58. The molecule has 2 rings (SSSR count). The number of hydrogen-bond donors (Lipinski definition) is 1. The average Bonchev–Trinajstić information content (AvgIpc) is 2.27. The van der Waals surface area contributed by atoms with Gasteiger partial charge >= 0.3 is 0 Å². The zero-order valence-electron chi connectivity index (χ0n) is 10.8. The Labute approximate surface area is 109 Å². The van der Waals surface area contributed by atoms with E-state index in [4.69, 9.17) is 5.73 Å². The lowest BCUT2D eigenvalue weighted by molar-refractivity contribution is 0.227. The number of benzene rings is 1. The molecular weight excluding hydrogens is 248 g/mol. The van der Waals surface area contributed by atoms with Crippen LogP contribution >= 0.6 is 0 Å². The van der Waals surface area contributed by atoms with E-state index in [0.717, 1.165) is 18.4 Å². The molecule has 1 saturated carbocycles. The van der Waals surface area contributed by atoms with Crippen molar-refractivity contribution in [2.45, 2.75) is 30.7 Å². The minimum atomic E-state index is -3.37. The summed E-state index contributed by atoms with van der Waals surface area (Å²) in [7, 11) is -1.72. The van der Waals surface area contributed by atoms with E-state index in [9.17, 15) is 8.42 Å². The van der Waals surface area contributed by atoms with Crippen molar-refractivity contribution in [1.82, 2.24) is 4.31 Å². The van der Waals surface area contributed by atoms with Crippen molar-refractivity contribution in [3.8, 4) is 0 Å². The van der Waals surface area contributed by atoms with Gasteiger partial charge in [0.15, 0.2) is 0 Å². The minimum absolute atomic E-state index is 0.254. The van der Waals surface area contributed by atoms with Gasteiger partial charge in [-0.1, -0.05) is 18.2 Å². The van der Waals surface area contributed by atoms with Gasteiger partial charge < -0.3 is 5.73 Å². The smallest absolute Gasteiger partial charge is 0.243 e. The van der Waals surface area contributed by atoms with Crippen molar-refractivity contribution in [2.75, 3.05) is 13.6 Å². The molecule has 0 unspecified atom stereocenters. The van der Waals surface area contributed by atoms with E-state index in [1.807, 2.05) is 19.1 Å². The van der Waals surface area contributed by atoms with Crippen molar-refractivity contribution < 1.29 is 8.42 Å². The average molecular weight is 268 g/mol. The molecule has 0 atom stereocenters. The first-order valence-electron chi connectivity index (χ1n) is 6.19. The highest BCUT2D eigenvalue weighted by Crippen LogP contribution is 2.28. The minimum Gasteiger partial charge on any atom is -0.328 e. The summed E-state index contributed by atoms with van der Waals surface area (Å²) in [5, 5.41) is 0. The Morgan fingerprint density at radius 3 is 2.50 bits per heavy atom. The normalized spacial score (nSPS) is 24.0. The molecule has 0 amide bonds.